The molecule has 0 bridgehead atoms. The molecule has 1 aliphatic carbocycles. The summed E-state index contributed by atoms with van der Waals surface area (Å²) < 4.78 is 24.1. The molecule has 0 radical (unpaired) electrons. The molecule has 1 amide bonds. The van der Waals surface area contributed by atoms with Gasteiger partial charge in [0.15, 0.2) is 11.6 Å². The first-order valence-electron chi connectivity index (χ1n) is 7.52. The van der Waals surface area contributed by atoms with Crippen molar-refractivity contribution in [3.05, 3.63) is 53.8 Å². The molecular weight excluding hydrogens is 297 g/mol. The monoisotopic (exact) mass is 315 g/mol. The fourth-order valence-corrected chi connectivity index (χ4v) is 2.19. The summed E-state index contributed by atoms with van der Waals surface area (Å²) >= 11 is 0. The maximum atomic E-state index is 13.6. The Labute approximate surface area is 134 Å². The van der Waals surface area contributed by atoms with Gasteiger partial charge in [-0.05, 0) is 54.8 Å². The first kappa shape index (κ1) is 15.3. The molecule has 23 heavy (non-hydrogen) atoms. The minimum absolute atomic E-state index is 0.0763. The number of rotatable bonds is 6. The number of halogens is 1. The average Bonchev–Trinajstić information content (AvgIpc) is 3.39. The zero-order chi connectivity index (χ0) is 16.2. The number of ether oxygens (including phenoxy) is 2. The normalized spacial score (nSPS) is 13.5. The van der Waals surface area contributed by atoms with Crippen LogP contribution in [0.25, 0.3) is 0 Å². The third-order valence-corrected chi connectivity index (χ3v) is 3.69. The van der Waals surface area contributed by atoms with E-state index in [1.165, 1.54) is 13.2 Å². The van der Waals surface area contributed by atoms with E-state index in [9.17, 15) is 9.18 Å². The van der Waals surface area contributed by atoms with Crippen LogP contribution in [0.1, 0.15) is 18.4 Å². The van der Waals surface area contributed by atoms with Crippen LogP contribution in [0, 0.1) is 11.7 Å². The lowest BCUT2D eigenvalue weighted by molar-refractivity contribution is -0.117. The number of benzene rings is 2. The van der Waals surface area contributed by atoms with Crippen molar-refractivity contribution in [2.45, 2.75) is 19.4 Å². The summed E-state index contributed by atoms with van der Waals surface area (Å²) in [5, 5.41) is 2.87. The van der Waals surface area contributed by atoms with Gasteiger partial charge in [-0.2, -0.15) is 0 Å². The van der Waals surface area contributed by atoms with E-state index < -0.39 is 5.82 Å². The molecule has 4 nitrogen and oxygen atoms in total. The van der Waals surface area contributed by atoms with Gasteiger partial charge in [0.25, 0.3) is 0 Å². The van der Waals surface area contributed by atoms with Crippen LogP contribution in [0.4, 0.5) is 10.1 Å². The van der Waals surface area contributed by atoms with E-state index in [-0.39, 0.29) is 24.2 Å². The SMILES string of the molecule is COc1ccc(COc2ccc(NC(=O)C3CC3)cc2)cc1F. The van der Waals surface area contributed by atoms with Crippen molar-refractivity contribution < 1.29 is 18.7 Å². The van der Waals surface area contributed by atoms with Gasteiger partial charge >= 0.3 is 0 Å². The first-order valence-corrected chi connectivity index (χ1v) is 7.52. The summed E-state index contributed by atoms with van der Waals surface area (Å²) in [6.45, 7) is 0.259. The topological polar surface area (TPSA) is 47.6 Å². The molecule has 3 rings (SSSR count). The highest BCUT2D eigenvalue weighted by Crippen LogP contribution is 2.30. The molecule has 0 spiro atoms. The van der Waals surface area contributed by atoms with Gasteiger partial charge in [0.2, 0.25) is 5.91 Å². The number of hydrogen-bond donors (Lipinski definition) is 1. The number of amides is 1. The smallest absolute Gasteiger partial charge is 0.227 e. The average molecular weight is 315 g/mol. The molecule has 0 atom stereocenters. The van der Waals surface area contributed by atoms with Crippen molar-refractivity contribution in [1.82, 2.24) is 0 Å². The molecule has 0 aliphatic heterocycles. The number of carbonyl (C=O) groups is 1. The predicted octanol–water partition coefficient (Wildman–Crippen LogP) is 3.76. The number of carbonyl (C=O) groups excluding carboxylic acids is 1. The zero-order valence-corrected chi connectivity index (χ0v) is 12.8. The summed E-state index contributed by atoms with van der Waals surface area (Å²) in [4.78, 5) is 11.7. The second kappa shape index (κ2) is 6.69. The van der Waals surface area contributed by atoms with Gasteiger partial charge in [-0.3, -0.25) is 4.79 Å². The van der Waals surface area contributed by atoms with E-state index in [1.807, 2.05) is 0 Å². The molecule has 0 heterocycles. The van der Waals surface area contributed by atoms with Crippen LogP contribution in [0.2, 0.25) is 0 Å². The number of nitrogens with one attached hydrogen (secondary N) is 1. The highest BCUT2D eigenvalue weighted by Gasteiger charge is 2.29. The Morgan fingerprint density at radius 1 is 1.22 bits per heavy atom. The van der Waals surface area contributed by atoms with Crippen molar-refractivity contribution in [2.24, 2.45) is 5.92 Å². The fraction of sp³-hybridized carbons (Fsp3) is 0.278. The molecule has 1 N–H and O–H groups in total. The van der Waals surface area contributed by atoms with Crippen LogP contribution < -0.4 is 14.8 Å². The van der Waals surface area contributed by atoms with E-state index in [2.05, 4.69) is 5.32 Å². The molecule has 0 aromatic heterocycles. The summed E-state index contributed by atoms with van der Waals surface area (Å²) in [5.41, 5.74) is 1.47. The summed E-state index contributed by atoms with van der Waals surface area (Å²) in [6.07, 6.45) is 1.96. The Kier molecular flexibility index (Phi) is 4.46. The van der Waals surface area contributed by atoms with Crippen LogP contribution in [-0.2, 0) is 11.4 Å². The zero-order valence-electron chi connectivity index (χ0n) is 12.8. The van der Waals surface area contributed by atoms with Crippen molar-refractivity contribution in [3.8, 4) is 11.5 Å². The fourth-order valence-electron chi connectivity index (χ4n) is 2.19. The quantitative estimate of drug-likeness (QED) is 0.883. The van der Waals surface area contributed by atoms with Gasteiger partial charge in [-0.15, -0.1) is 0 Å². The molecule has 1 aliphatic rings. The number of methoxy groups -OCH3 is 1. The highest BCUT2D eigenvalue weighted by atomic mass is 19.1. The minimum atomic E-state index is -0.410. The molecule has 5 heteroatoms. The summed E-state index contributed by atoms with van der Waals surface area (Å²) in [7, 11) is 1.43. The molecule has 0 saturated heterocycles. The van der Waals surface area contributed by atoms with E-state index >= 15 is 0 Å². The van der Waals surface area contributed by atoms with E-state index in [0.29, 0.717) is 5.75 Å². The lowest BCUT2D eigenvalue weighted by Gasteiger charge is -2.09. The standard InChI is InChI=1S/C18H18FNO3/c1-22-17-9-2-12(10-16(17)19)11-23-15-7-5-14(6-8-15)20-18(21)13-3-4-13/h2,5-10,13H,3-4,11H2,1H3,(H,20,21). The van der Waals surface area contributed by atoms with Gasteiger partial charge in [0, 0.05) is 11.6 Å². The Hall–Kier alpha value is -2.56. The lowest BCUT2D eigenvalue weighted by atomic mass is 10.2. The van der Waals surface area contributed by atoms with Crippen molar-refractivity contribution in [2.75, 3.05) is 12.4 Å². The van der Waals surface area contributed by atoms with Gasteiger partial charge in [0.1, 0.15) is 12.4 Å². The van der Waals surface area contributed by atoms with Crippen molar-refractivity contribution >= 4 is 11.6 Å². The maximum Gasteiger partial charge on any atom is 0.227 e. The van der Waals surface area contributed by atoms with E-state index in [0.717, 1.165) is 24.1 Å². The molecule has 120 valence electrons. The first-order chi connectivity index (χ1) is 11.2. The third-order valence-electron chi connectivity index (χ3n) is 3.69. The number of anilines is 1. The lowest BCUT2D eigenvalue weighted by Crippen LogP contribution is -2.13. The van der Waals surface area contributed by atoms with Crippen LogP contribution in [-0.4, -0.2) is 13.0 Å². The largest absolute Gasteiger partial charge is 0.494 e. The van der Waals surface area contributed by atoms with Gasteiger partial charge in [-0.25, -0.2) is 4.39 Å². The van der Waals surface area contributed by atoms with Gasteiger partial charge < -0.3 is 14.8 Å². The Morgan fingerprint density at radius 3 is 2.57 bits per heavy atom. The Bertz CT molecular complexity index is 696. The molecular formula is C18H18FNO3. The summed E-state index contributed by atoms with van der Waals surface area (Å²) in [5.74, 6) is 0.713. The highest BCUT2D eigenvalue weighted by molar-refractivity contribution is 5.94. The van der Waals surface area contributed by atoms with Crippen LogP contribution in [0.5, 0.6) is 11.5 Å². The molecule has 1 fully saturated rings. The molecule has 2 aromatic rings. The second-order valence-electron chi connectivity index (χ2n) is 5.55. The minimum Gasteiger partial charge on any atom is -0.494 e. The maximum absolute atomic E-state index is 13.6. The van der Waals surface area contributed by atoms with Crippen molar-refractivity contribution in [1.29, 1.82) is 0 Å². The summed E-state index contributed by atoms with van der Waals surface area (Å²) in [6, 6.07) is 11.9. The van der Waals surface area contributed by atoms with E-state index in [4.69, 9.17) is 9.47 Å². The van der Waals surface area contributed by atoms with Crippen LogP contribution >= 0.6 is 0 Å². The Balaban J connectivity index is 1.55. The van der Waals surface area contributed by atoms with E-state index in [1.54, 1.807) is 36.4 Å². The predicted molar refractivity (Wildman–Crippen MR) is 85.1 cm³/mol. The molecule has 2 aromatic carbocycles. The van der Waals surface area contributed by atoms with Gasteiger partial charge in [0.05, 0.1) is 7.11 Å². The van der Waals surface area contributed by atoms with Crippen LogP contribution in [0.3, 0.4) is 0 Å². The Morgan fingerprint density at radius 2 is 1.96 bits per heavy atom. The number of hydrogen-bond acceptors (Lipinski definition) is 3. The molecule has 1 saturated carbocycles. The third kappa shape index (κ3) is 4.00. The van der Waals surface area contributed by atoms with Crippen LogP contribution in [0.15, 0.2) is 42.5 Å². The van der Waals surface area contributed by atoms with Gasteiger partial charge in [-0.1, -0.05) is 6.07 Å². The second-order valence-corrected chi connectivity index (χ2v) is 5.55. The molecule has 0 unspecified atom stereocenters. The van der Waals surface area contributed by atoms with Crippen molar-refractivity contribution in [3.63, 3.8) is 0 Å².